The van der Waals surface area contributed by atoms with Crippen molar-refractivity contribution in [2.24, 2.45) is 4.99 Å². The second-order valence-corrected chi connectivity index (χ2v) is 6.73. The van der Waals surface area contributed by atoms with Gasteiger partial charge in [0.15, 0.2) is 0 Å². The number of fused-ring (bicyclic) bond motifs is 1. The molecule has 1 amide bonds. The highest BCUT2D eigenvalue weighted by Gasteiger charge is 2.28. The lowest BCUT2D eigenvalue weighted by Crippen LogP contribution is -2.20. The smallest absolute Gasteiger partial charge is 0.274 e. The molecule has 4 rings (SSSR count). The monoisotopic (exact) mass is 368 g/mol. The van der Waals surface area contributed by atoms with E-state index in [0.29, 0.717) is 16.9 Å². The average molecular weight is 368 g/mol. The Hall–Kier alpha value is -3.65. The van der Waals surface area contributed by atoms with Crippen LogP contribution in [-0.2, 0) is 13.0 Å². The molecule has 0 saturated heterocycles. The molecule has 2 aromatic carbocycles. The molecule has 0 aliphatic carbocycles. The number of anilines is 1. The number of carbonyl (C=O) groups excluding carboxylic acids is 1. The van der Waals surface area contributed by atoms with Gasteiger partial charge < -0.3 is 9.88 Å². The number of hydrogen-bond acceptors (Lipinski definition) is 3. The fraction of sp³-hybridized carbons (Fsp3) is 0.174. The molecule has 138 valence electrons. The summed E-state index contributed by atoms with van der Waals surface area (Å²) in [6.07, 6.45) is 4.50. The Bertz CT molecular complexity index is 1060. The molecule has 0 atom stereocenters. The van der Waals surface area contributed by atoms with Crippen molar-refractivity contribution < 1.29 is 4.79 Å². The summed E-state index contributed by atoms with van der Waals surface area (Å²) in [6, 6.07) is 21.3. The fourth-order valence-corrected chi connectivity index (χ4v) is 3.59. The number of aromatic nitrogens is 1. The van der Waals surface area contributed by atoms with Gasteiger partial charge in [0.2, 0.25) is 0 Å². The van der Waals surface area contributed by atoms with Crippen LogP contribution in [-0.4, -0.2) is 16.7 Å². The van der Waals surface area contributed by atoms with Gasteiger partial charge in [-0.15, -0.1) is 0 Å². The van der Waals surface area contributed by atoms with E-state index >= 15 is 0 Å². The van der Waals surface area contributed by atoms with Crippen molar-refractivity contribution in [3.05, 3.63) is 83.2 Å². The summed E-state index contributed by atoms with van der Waals surface area (Å²) in [5.74, 6) is -0.240. The quantitative estimate of drug-likeness (QED) is 0.678. The van der Waals surface area contributed by atoms with Gasteiger partial charge in [-0.2, -0.15) is 5.26 Å². The summed E-state index contributed by atoms with van der Waals surface area (Å²) < 4.78 is 1.97. The van der Waals surface area contributed by atoms with E-state index in [4.69, 9.17) is 0 Å². The van der Waals surface area contributed by atoms with Gasteiger partial charge in [0.1, 0.15) is 17.5 Å². The highest BCUT2D eigenvalue weighted by molar-refractivity contribution is 6.08. The second-order valence-electron chi connectivity index (χ2n) is 6.73. The normalized spacial score (nSPS) is 13.1. The molecule has 0 fully saturated rings. The molecular formula is C23H20N4O. The highest BCUT2D eigenvalue weighted by atomic mass is 16.2. The number of carbonyl (C=O) groups is 1. The molecule has 3 aromatic rings. The molecule has 5 nitrogen and oxygen atoms in total. The molecule has 1 aliphatic rings. The van der Waals surface area contributed by atoms with Crippen LogP contribution >= 0.6 is 0 Å². The van der Waals surface area contributed by atoms with Crippen LogP contribution in [0, 0.1) is 11.3 Å². The molecule has 2 heterocycles. The molecule has 28 heavy (non-hydrogen) atoms. The van der Waals surface area contributed by atoms with E-state index in [1.807, 2.05) is 65.2 Å². The third-order valence-electron chi connectivity index (χ3n) is 4.89. The maximum atomic E-state index is 13.1. The van der Waals surface area contributed by atoms with Crippen molar-refractivity contribution in [2.75, 3.05) is 5.32 Å². The molecule has 1 aliphatic heterocycles. The summed E-state index contributed by atoms with van der Waals surface area (Å²) in [4.78, 5) is 17.7. The maximum absolute atomic E-state index is 13.1. The van der Waals surface area contributed by atoms with Gasteiger partial charge in [-0.3, -0.25) is 9.79 Å². The topological polar surface area (TPSA) is 70.2 Å². The van der Waals surface area contributed by atoms with Gasteiger partial charge in [0, 0.05) is 24.1 Å². The SMILES string of the molecule is N#Cc1c(N=Cc2ccccc2)c(C(=O)Nc2ccccc2)n2c1CCCC2. The van der Waals surface area contributed by atoms with Crippen molar-refractivity contribution in [3.8, 4) is 6.07 Å². The van der Waals surface area contributed by atoms with Crippen LogP contribution in [0.4, 0.5) is 11.4 Å². The van der Waals surface area contributed by atoms with Crippen molar-refractivity contribution in [1.82, 2.24) is 4.57 Å². The molecule has 1 N–H and O–H groups in total. The Morgan fingerprint density at radius 2 is 1.79 bits per heavy atom. The van der Waals surface area contributed by atoms with Gasteiger partial charge in [-0.05, 0) is 37.0 Å². The van der Waals surface area contributed by atoms with Gasteiger partial charge in [-0.1, -0.05) is 48.5 Å². The van der Waals surface area contributed by atoms with E-state index in [1.165, 1.54) is 0 Å². The van der Waals surface area contributed by atoms with E-state index in [0.717, 1.165) is 42.8 Å². The summed E-state index contributed by atoms with van der Waals surface area (Å²) in [5, 5.41) is 12.7. The van der Waals surface area contributed by atoms with Crippen molar-refractivity contribution >= 4 is 23.5 Å². The molecule has 0 spiro atoms. The van der Waals surface area contributed by atoms with Crippen molar-refractivity contribution in [2.45, 2.75) is 25.8 Å². The Morgan fingerprint density at radius 3 is 2.50 bits per heavy atom. The van der Waals surface area contributed by atoms with Gasteiger partial charge in [0.25, 0.3) is 5.91 Å². The molecule has 0 bridgehead atoms. The van der Waals surface area contributed by atoms with Crippen LogP contribution in [0.25, 0.3) is 0 Å². The minimum Gasteiger partial charge on any atom is -0.337 e. The van der Waals surface area contributed by atoms with Gasteiger partial charge in [0.05, 0.1) is 5.56 Å². The van der Waals surface area contributed by atoms with Crippen LogP contribution in [0.3, 0.4) is 0 Å². The number of aliphatic imine (C=N–C) groups is 1. The first-order valence-corrected chi connectivity index (χ1v) is 9.39. The summed E-state index contributed by atoms with van der Waals surface area (Å²) in [7, 11) is 0. The number of rotatable bonds is 4. The Kier molecular flexibility index (Phi) is 5.03. The first-order valence-electron chi connectivity index (χ1n) is 9.39. The summed E-state index contributed by atoms with van der Waals surface area (Å²) >= 11 is 0. The minimum absolute atomic E-state index is 0.240. The Labute approximate surface area is 164 Å². The third-order valence-corrected chi connectivity index (χ3v) is 4.89. The number of benzene rings is 2. The lowest BCUT2D eigenvalue weighted by atomic mass is 10.1. The first kappa shape index (κ1) is 17.7. The lowest BCUT2D eigenvalue weighted by molar-refractivity contribution is 0.101. The van der Waals surface area contributed by atoms with Gasteiger partial charge >= 0.3 is 0 Å². The van der Waals surface area contributed by atoms with Crippen molar-refractivity contribution in [3.63, 3.8) is 0 Å². The Balaban J connectivity index is 1.79. The standard InChI is InChI=1S/C23H20N4O/c24-15-19-20-13-7-8-14-27(20)22(23(28)26-18-11-5-2-6-12-18)21(19)25-16-17-9-3-1-4-10-17/h1-6,9-12,16H,7-8,13-14H2,(H,26,28). The lowest BCUT2D eigenvalue weighted by Gasteiger charge is -2.17. The number of nitrogens with zero attached hydrogens (tertiary/aromatic N) is 3. The largest absolute Gasteiger partial charge is 0.337 e. The van der Waals surface area contributed by atoms with Crippen molar-refractivity contribution in [1.29, 1.82) is 5.26 Å². The number of nitriles is 1. The molecule has 1 aromatic heterocycles. The van der Waals surface area contributed by atoms with E-state index in [1.54, 1.807) is 6.21 Å². The average Bonchev–Trinajstić information content (AvgIpc) is 3.07. The molecular weight excluding hydrogens is 348 g/mol. The molecule has 0 unspecified atom stereocenters. The number of para-hydroxylation sites is 1. The number of amides is 1. The van der Waals surface area contributed by atoms with E-state index in [9.17, 15) is 10.1 Å². The van der Waals surface area contributed by atoms with Crippen LogP contribution in [0.5, 0.6) is 0 Å². The van der Waals surface area contributed by atoms with E-state index in [-0.39, 0.29) is 5.91 Å². The van der Waals surface area contributed by atoms with Crippen LogP contribution in [0.1, 0.15) is 40.2 Å². The van der Waals surface area contributed by atoms with Crippen LogP contribution in [0.15, 0.2) is 65.7 Å². The van der Waals surface area contributed by atoms with E-state index in [2.05, 4.69) is 16.4 Å². The zero-order valence-electron chi connectivity index (χ0n) is 15.4. The second kappa shape index (κ2) is 7.93. The zero-order chi connectivity index (χ0) is 19.3. The van der Waals surface area contributed by atoms with Crippen LogP contribution < -0.4 is 5.32 Å². The molecule has 0 radical (unpaired) electrons. The van der Waals surface area contributed by atoms with E-state index < -0.39 is 0 Å². The number of nitrogens with one attached hydrogen (secondary N) is 1. The number of hydrogen-bond donors (Lipinski definition) is 1. The fourth-order valence-electron chi connectivity index (χ4n) is 3.59. The van der Waals surface area contributed by atoms with Crippen LogP contribution in [0.2, 0.25) is 0 Å². The first-order chi connectivity index (χ1) is 13.8. The summed E-state index contributed by atoms with van der Waals surface area (Å²) in [5.41, 5.74) is 3.97. The highest BCUT2D eigenvalue weighted by Crippen LogP contribution is 2.34. The summed E-state index contributed by atoms with van der Waals surface area (Å²) in [6.45, 7) is 0.725. The predicted molar refractivity (Wildman–Crippen MR) is 110 cm³/mol. The van der Waals surface area contributed by atoms with Gasteiger partial charge in [-0.25, -0.2) is 0 Å². The third kappa shape index (κ3) is 3.45. The predicted octanol–water partition coefficient (Wildman–Crippen LogP) is 4.70. The Morgan fingerprint density at radius 1 is 1.07 bits per heavy atom. The molecule has 5 heteroatoms. The molecule has 0 saturated carbocycles. The minimum atomic E-state index is -0.240. The maximum Gasteiger partial charge on any atom is 0.274 e. The zero-order valence-corrected chi connectivity index (χ0v) is 15.4.